The van der Waals surface area contributed by atoms with Gasteiger partial charge in [-0.3, -0.25) is 15.0 Å². The Hall–Kier alpha value is -3.00. The summed E-state index contributed by atoms with van der Waals surface area (Å²) in [6, 6.07) is 4.77. The van der Waals surface area contributed by atoms with Crippen LogP contribution in [0.4, 0.5) is 24.8 Å². The first-order valence-corrected chi connectivity index (χ1v) is 16.8. The lowest BCUT2D eigenvalue weighted by molar-refractivity contribution is -0.385. The number of rotatable bonds is 6. The highest BCUT2D eigenvalue weighted by atomic mass is 32.2. The van der Waals surface area contributed by atoms with Crippen LogP contribution in [0, 0.1) is 47.1 Å². The molecule has 2 aliphatic heterocycles. The number of aromatic nitrogens is 2. The minimum atomic E-state index is -6.11. The number of alkyl halides is 3. The molecule has 0 spiro atoms. The van der Waals surface area contributed by atoms with Crippen molar-refractivity contribution in [3.63, 3.8) is 0 Å². The third-order valence-electron chi connectivity index (χ3n) is 11.8. The van der Waals surface area contributed by atoms with E-state index >= 15 is 0 Å². The molecule has 2 saturated heterocycles. The van der Waals surface area contributed by atoms with Crippen LogP contribution in [0.2, 0.25) is 0 Å². The maximum absolute atomic E-state index is 13.4. The molecule has 5 unspecified atom stereocenters. The van der Waals surface area contributed by atoms with Gasteiger partial charge >= 0.3 is 21.3 Å². The molecule has 44 heavy (non-hydrogen) atoms. The second-order valence-electron chi connectivity index (χ2n) is 14.0. The van der Waals surface area contributed by atoms with Crippen molar-refractivity contribution in [3.8, 4) is 5.75 Å². The van der Waals surface area contributed by atoms with Crippen molar-refractivity contribution in [3.05, 3.63) is 50.8 Å². The van der Waals surface area contributed by atoms with Crippen LogP contribution < -0.4 is 9.08 Å². The Balaban J connectivity index is 1.30. The minimum Gasteiger partial charge on any atom is -0.369 e. The van der Waals surface area contributed by atoms with Gasteiger partial charge in [-0.1, -0.05) is 0 Å². The Bertz CT molecular complexity index is 1680. The van der Waals surface area contributed by atoms with Gasteiger partial charge in [0.25, 0.3) is 0 Å². The molecule has 0 radical (unpaired) electrons. The molecule has 6 atom stereocenters. The Morgan fingerprint density at radius 2 is 1.84 bits per heavy atom. The SMILES string of the molecule is Cc1cc(C)nc(N2C[C@H]3CC45CCC2C3C42CCN(CC3CC3)C5Cc3cc([N+](=O)[O-])c(OS(=O)(=O)C(F)(F)F)cc32)n1. The van der Waals surface area contributed by atoms with E-state index in [1.54, 1.807) is 0 Å². The third kappa shape index (κ3) is 3.78. The summed E-state index contributed by atoms with van der Waals surface area (Å²) in [5.74, 6) is 0.890. The summed E-state index contributed by atoms with van der Waals surface area (Å²) in [6.07, 6.45) is 6.49. The van der Waals surface area contributed by atoms with Gasteiger partial charge in [0, 0.05) is 48.0 Å². The van der Waals surface area contributed by atoms with Gasteiger partial charge in [-0.2, -0.15) is 21.6 Å². The molecule has 3 saturated carbocycles. The lowest BCUT2D eigenvalue weighted by Crippen LogP contribution is -2.69. The van der Waals surface area contributed by atoms with Crippen LogP contribution in [0.5, 0.6) is 5.75 Å². The Labute approximate surface area is 253 Å². The Morgan fingerprint density at radius 1 is 1.11 bits per heavy atom. The fourth-order valence-corrected chi connectivity index (χ4v) is 10.9. The van der Waals surface area contributed by atoms with Crippen molar-refractivity contribution in [2.24, 2.45) is 23.2 Å². The monoisotopic (exact) mass is 633 g/mol. The number of hydrogen-bond acceptors (Lipinski definition) is 9. The van der Waals surface area contributed by atoms with Crippen LogP contribution in [-0.4, -0.2) is 65.4 Å². The summed E-state index contributed by atoms with van der Waals surface area (Å²) in [5.41, 5.74) is -3.91. The van der Waals surface area contributed by atoms with E-state index < -0.39 is 37.4 Å². The summed E-state index contributed by atoms with van der Waals surface area (Å²) >= 11 is 0. The Kier molecular flexibility index (Phi) is 5.86. The summed E-state index contributed by atoms with van der Waals surface area (Å²) in [4.78, 5) is 25.7. The number of anilines is 1. The van der Waals surface area contributed by atoms with Gasteiger partial charge in [0.1, 0.15) is 0 Å². The number of benzene rings is 1. The van der Waals surface area contributed by atoms with Gasteiger partial charge < -0.3 is 9.08 Å². The molecule has 6 aliphatic rings. The van der Waals surface area contributed by atoms with Crippen molar-refractivity contribution in [1.82, 2.24) is 14.9 Å². The minimum absolute atomic E-state index is 0.0943. The first-order valence-electron chi connectivity index (χ1n) is 15.4. The quantitative estimate of drug-likeness (QED) is 0.191. The van der Waals surface area contributed by atoms with E-state index in [1.807, 2.05) is 19.9 Å². The van der Waals surface area contributed by atoms with Gasteiger partial charge in [0.2, 0.25) is 11.7 Å². The highest BCUT2D eigenvalue weighted by molar-refractivity contribution is 7.88. The maximum atomic E-state index is 13.4. The highest BCUT2D eigenvalue weighted by Crippen LogP contribution is 2.76. The van der Waals surface area contributed by atoms with E-state index in [0.717, 1.165) is 67.8 Å². The molecule has 4 bridgehead atoms. The summed E-state index contributed by atoms with van der Waals surface area (Å²) in [7, 11) is -6.11. The molecule has 1 aromatic carbocycles. The Morgan fingerprint density at radius 3 is 2.50 bits per heavy atom. The first kappa shape index (κ1) is 28.5. The predicted octanol–water partition coefficient (Wildman–Crippen LogP) is 4.81. The summed E-state index contributed by atoms with van der Waals surface area (Å²) in [5, 5.41) is 12.1. The number of hydrogen-bond donors (Lipinski definition) is 0. The van der Waals surface area contributed by atoms with Crippen LogP contribution in [0.25, 0.3) is 0 Å². The van der Waals surface area contributed by atoms with Gasteiger partial charge in [0.15, 0.2) is 0 Å². The lowest BCUT2D eigenvalue weighted by atomic mass is 9.43. The van der Waals surface area contributed by atoms with Gasteiger partial charge in [-0.05, 0) is 112 Å². The standard InChI is InChI=1S/C30H34F3N5O5S/c1-16-9-17(2)35-27(34-16)37-15-20-13-28-6-5-22(37)26(20)29(28)7-8-36(14-18-3-4-18)25(28)11-19-10-23(38(39)40)24(12-21(19)29)43-44(41,42)30(31,32)33/h9-10,12,18,20,22,25-26H,3-8,11,13-15H2,1-2H3/t20-,22?,25?,26?,28?,29?/m1/s1. The third-order valence-corrected chi connectivity index (χ3v) is 12.7. The van der Waals surface area contributed by atoms with Crippen LogP contribution in [0.1, 0.15) is 61.0 Å². The van der Waals surface area contributed by atoms with Crippen molar-refractivity contribution < 1.29 is 30.7 Å². The molecular weight excluding hydrogens is 599 g/mol. The maximum Gasteiger partial charge on any atom is 0.534 e. The van der Waals surface area contributed by atoms with Crippen LogP contribution in [-0.2, 0) is 22.0 Å². The number of piperidine rings is 1. The first-order chi connectivity index (χ1) is 20.7. The molecule has 4 aliphatic carbocycles. The summed E-state index contributed by atoms with van der Waals surface area (Å²) < 4.78 is 69.0. The topological polar surface area (TPSA) is 119 Å². The number of aryl methyl sites for hydroxylation is 2. The summed E-state index contributed by atoms with van der Waals surface area (Å²) in [6.45, 7) is 6.48. The van der Waals surface area contributed by atoms with E-state index in [0.29, 0.717) is 18.3 Å². The average Bonchev–Trinajstić information content (AvgIpc) is 3.61. The molecule has 0 N–H and O–H groups in total. The zero-order valence-electron chi connectivity index (χ0n) is 24.5. The van der Waals surface area contributed by atoms with Gasteiger partial charge in [-0.25, -0.2) is 9.97 Å². The van der Waals surface area contributed by atoms with E-state index in [-0.39, 0.29) is 29.3 Å². The number of likely N-dealkylation sites (tertiary alicyclic amines) is 1. The lowest BCUT2D eigenvalue weighted by Gasteiger charge is -2.66. The fourth-order valence-electron chi connectivity index (χ4n) is 10.4. The molecule has 10 nitrogen and oxygen atoms in total. The fraction of sp³-hybridized carbons (Fsp3) is 0.667. The van der Waals surface area contributed by atoms with Crippen molar-refractivity contribution >= 4 is 21.8 Å². The smallest absolute Gasteiger partial charge is 0.369 e. The van der Waals surface area contributed by atoms with E-state index in [9.17, 15) is 31.7 Å². The number of nitro groups is 1. The normalized spacial score (nSPS) is 34.1. The second-order valence-corrected chi connectivity index (χ2v) is 15.5. The largest absolute Gasteiger partial charge is 0.534 e. The van der Waals surface area contributed by atoms with Crippen LogP contribution in [0.3, 0.4) is 0 Å². The van der Waals surface area contributed by atoms with Crippen LogP contribution in [0.15, 0.2) is 18.2 Å². The van der Waals surface area contributed by atoms with E-state index in [4.69, 9.17) is 9.97 Å². The molecule has 0 amide bonds. The zero-order chi connectivity index (χ0) is 31.0. The molecule has 8 rings (SSSR count). The number of nitro benzene ring substituents is 1. The molecule has 5 fully saturated rings. The second kappa shape index (κ2) is 9.05. The molecular formula is C30H34F3N5O5S. The molecule has 1 aromatic heterocycles. The molecule has 236 valence electrons. The van der Waals surface area contributed by atoms with Crippen molar-refractivity contribution in [2.45, 2.75) is 81.8 Å². The number of nitrogens with zero attached hydrogens (tertiary/aromatic N) is 5. The molecule has 3 heterocycles. The molecule has 14 heteroatoms. The van der Waals surface area contributed by atoms with E-state index in [2.05, 4.69) is 14.0 Å². The van der Waals surface area contributed by atoms with Gasteiger partial charge in [0.05, 0.1) is 4.92 Å². The van der Waals surface area contributed by atoms with Crippen molar-refractivity contribution in [1.29, 1.82) is 0 Å². The molecule has 2 aromatic rings. The zero-order valence-corrected chi connectivity index (χ0v) is 25.3. The number of halogens is 3. The van der Waals surface area contributed by atoms with Gasteiger partial charge in [-0.15, -0.1) is 0 Å². The van der Waals surface area contributed by atoms with Crippen LogP contribution >= 0.6 is 0 Å². The van der Waals surface area contributed by atoms with E-state index in [1.165, 1.54) is 25.0 Å². The number of fused-ring (bicyclic) bond motifs is 1. The highest BCUT2D eigenvalue weighted by Gasteiger charge is 2.76. The predicted molar refractivity (Wildman–Crippen MR) is 153 cm³/mol. The average molecular weight is 634 g/mol. The van der Waals surface area contributed by atoms with Crippen molar-refractivity contribution in [2.75, 3.05) is 24.5 Å².